The second kappa shape index (κ2) is 6.86. The van der Waals surface area contributed by atoms with Gasteiger partial charge in [-0.25, -0.2) is 0 Å². The molecule has 0 aliphatic heterocycles. The van der Waals surface area contributed by atoms with Gasteiger partial charge in [-0.05, 0) is 49.6 Å². The second-order valence-corrected chi connectivity index (χ2v) is 4.56. The SMILES string of the molecule is CSc1ccc(N)cc1.Cc1ccc(N)cc1. The molecule has 0 aliphatic rings. The van der Waals surface area contributed by atoms with Crippen LogP contribution in [0.1, 0.15) is 5.56 Å². The molecule has 0 bridgehead atoms. The number of hydrogen-bond acceptors (Lipinski definition) is 3. The van der Waals surface area contributed by atoms with Crippen LogP contribution in [0.2, 0.25) is 0 Å². The molecule has 2 aromatic carbocycles. The van der Waals surface area contributed by atoms with Crippen LogP contribution in [0.3, 0.4) is 0 Å². The quantitative estimate of drug-likeness (QED) is 0.597. The third kappa shape index (κ3) is 5.31. The lowest BCUT2D eigenvalue weighted by atomic mass is 10.2. The van der Waals surface area contributed by atoms with Gasteiger partial charge in [0.05, 0.1) is 0 Å². The van der Waals surface area contributed by atoms with Gasteiger partial charge in [-0.2, -0.15) is 0 Å². The number of nitrogens with two attached hydrogens (primary N) is 2. The fourth-order valence-electron chi connectivity index (χ4n) is 1.17. The van der Waals surface area contributed by atoms with Gasteiger partial charge >= 0.3 is 0 Å². The van der Waals surface area contributed by atoms with E-state index in [0.717, 1.165) is 11.4 Å². The number of nitrogen functional groups attached to an aromatic ring is 2. The summed E-state index contributed by atoms with van der Waals surface area (Å²) in [6.07, 6.45) is 2.05. The molecule has 3 heteroatoms. The highest BCUT2D eigenvalue weighted by atomic mass is 32.2. The Morgan fingerprint density at radius 3 is 1.53 bits per heavy atom. The van der Waals surface area contributed by atoms with Gasteiger partial charge in [-0.1, -0.05) is 17.7 Å². The Kier molecular flexibility index (Phi) is 5.43. The predicted molar refractivity (Wildman–Crippen MR) is 78.2 cm³/mol. The van der Waals surface area contributed by atoms with Crippen molar-refractivity contribution in [3.05, 3.63) is 54.1 Å². The zero-order valence-electron chi connectivity index (χ0n) is 10.2. The molecule has 0 heterocycles. The van der Waals surface area contributed by atoms with Crippen LogP contribution in [-0.4, -0.2) is 6.26 Å². The fourth-order valence-corrected chi connectivity index (χ4v) is 1.58. The van der Waals surface area contributed by atoms with E-state index in [0.29, 0.717) is 0 Å². The largest absolute Gasteiger partial charge is 0.399 e. The number of hydrogen-bond donors (Lipinski definition) is 2. The summed E-state index contributed by atoms with van der Waals surface area (Å²) in [6.45, 7) is 2.04. The first-order chi connectivity index (χ1) is 8.11. The van der Waals surface area contributed by atoms with E-state index in [1.54, 1.807) is 11.8 Å². The number of thioether (sulfide) groups is 1. The standard InChI is InChI=1S/C7H9NS.C7H9N/c1-9-7-4-2-6(8)3-5-7;1-6-2-4-7(8)5-3-6/h2-5H,8H2,1H3;2-5H,8H2,1H3. The Balaban J connectivity index is 0.000000171. The van der Waals surface area contributed by atoms with Crippen LogP contribution in [0.25, 0.3) is 0 Å². The summed E-state index contributed by atoms with van der Waals surface area (Å²) in [4.78, 5) is 1.25. The zero-order chi connectivity index (χ0) is 12.7. The van der Waals surface area contributed by atoms with Crippen LogP contribution in [-0.2, 0) is 0 Å². The highest BCUT2D eigenvalue weighted by Crippen LogP contribution is 2.15. The topological polar surface area (TPSA) is 52.0 Å². The van der Waals surface area contributed by atoms with Crippen LogP contribution in [0.4, 0.5) is 11.4 Å². The number of anilines is 2. The van der Waals surface area contributed by atoms with E-state index in [-0.39, 0.29) is 0 Å². The molecule has 2 nitrogen and oxygen atoms in total. The summed E-state index contributed by atoms with van der Waals surface area (Å²) in [5.74, 6) is 0. The average Bonchev–Trinajstić information content (AvgIpc) is 2.35. The summed E-state index contributed by atoms with van der Waals surface area (Å²) in [5.41, 5.74) is 13.8. The average molecular weight is 246 g/mol. The lowest BCUT2D eigenvalue weighted by molar-refractivity contribution is 1.47. The summed E-state index contributed by atoms with van der Waals surface area (Å²) in [6, 6.07) is 15.6. The van der Waals surface area contributed by atoms with E-state index in [4.69, 9.17) is 11.5 Å². The van der Waals surface area contributed by atoms with Crippen molar-refractivity contribution < 1.29 is 0 Å². The Morgan fingerprint density at radius 1 is 0.765 bits per heavy atom. The van der Waals surface area contributed by atoms with Crippen LogP contribution in [0, 0.1) is 6.92 Å². The molecule has 0 saturated carbocycles. The summed E-state index contributed by atoms with van der Waals surface area (Å²) >= 11 is 1.72. The summed E-state index contributed by atoms with van der Waals surface area (Å²) < 4.78 is 0. The molecule has 4 N–H and O–H groups in total. The van der Waals surface area contributed by atoms with Crippen molar-refractivity contribution in [1.29, 1.82) is 0 Å². The van der Waals surface area contributed by atoms with Crippen LogP contribution in [0.15, 0.2) is 53.4 Å². The molecule has 2 rings (SSSR count). The van der Waals surface area contributed by atoms with Gasteiger partial charge in [-0.15, -0.1) is 11.8 Å². The minimum atomic E-state index is 0.827. The molecule has 90 valence electrons. The van der Waals surface area contributed by atoms with Gasteiger partial charge in [-0.3, -0.25) is 0 Å². The van der Waals surface area contributed by atoms with Crippen molar-refractivity contribution in [3.63, 3.8) is 0 Å². The van der Waals surface area contributed by atoms with Crippen molar-refractivity contribution in [2.75, 3.05) is 17.7 Å². The zero-order valence-corrected chi connectivity index (χ0v) is 11.0. The molecule has 0 atom stereocenters. The van der Waals surface area contributed by atoms with Gasteiger partial charge in [0.1, 0.15) is 0 Å². The van der Waals surface area contributed by atoms with Gasteiger partial charge in [0.2, 0.25) is 0 Å². The lowest BCUT2D eigenvalue weighted by Crippen LogP contribution is -1.81. The maximum absolute atomic E-state index is 5.47. The molecule has 2 aromatic rings. The first-order valence-electron chi connectivity index (χ1n) is 5.33. The maximum Gasteiger partial charge on any atom is 0.0314 e. The minimum absolute atomic E-state index is 0.827. The Labute approximate surface area is 107 Å². The van der Waals surface area contributed by atoms with E-state index in [9.17, 15) is 0 Å². The molecular weight excluding hydrogens is 228 g/mol. The highest BCUT2D eigenvalue weighted by Gasteiger charge is 1.85. The second-order valence-electron chi connectivity index (χ2n) is 3.68. The highest BCUT2D eigenvalue weighted by molar-refractivity contribution is 7.98. The van der Waals surface area contributed by atoms with E-state index in [1.807, 2.05) is 61.7 Å². The van der Waals surface area contributed by atoms with E-state index >= 15 is 0 Å². The Bertz CT molecular complexity index is 414. The van der Waals surface area contributed by atoms with E-state index < -0.39 is 0 Å². The van der Waals surface area contributed by atoms with Gasteiger partial charge in [0.25, 0.3) is 0 Å². The predicted octanol–water partition coefficient (Wildman–Crippen LogP) is 3.57. The Hall–Kier alpha value is -1.61. The van der Waals surface area contributed by atoms with Crippen molar-refractivity contribution in [2.45, 2.75) is 11.8 Å². The maximum atomic E-state index is 5.47. The van der Waals surface area contributed by atoms with Crippen molar-refractivity contribution >= 4 is 23.1 Å². The van der Waals surface area contributed by atoms with Crippen LogP contribution < -0.4 is 11.5 Å². The fraction of sp³-hybridized carbons (Fsp3) is 0.143. The smallest absolute Gasteiger partial charge is 0.0314 e. The molecule has 17 heavy (non-hydrogen) atoms. The molecule has 0 aliphatic carbocycles. The van der Waals surface area contributed by atoms with Crippen molar-refractivity contribution in [3.8, 4) is 0 Å². The summed E-state index contributed by atoms with van der Waals surface area (Å²) in [5, 5.41) is 0. The molecule has 0 radical (unpaired) electrons. The van der Waals surface area contributed by atoms with Crippen LogP contribution in [0.5, 0.6) is 0 Å². The first-order valence-corrected chi connectivity index (χ1v) is 6.56. The van der Waals surface area contributed by atoms with Gasteiger partial charge in [0.15, 0.2) is 0 Å². The molecule has 0 aromatic heterocycles. The number of rotatable bonds is 1. The van der Waals surface area contributed by atoms with Gasteiger partial charge < -0.3 is 11.5 Å². The minimum Gasteiger partial charge on any atom is -0.399 e. The number of aryl methyl sites for hydroxylation is 1. The molecule has 0 fully saturated rings. The van der Waals surface area contributed by atoms with E-state index in [2.05, 4.69) is 0 Å². The van der Waals surface area contributed by atoms with Crippen molar-refractivity contribution in [1.82, 2.24) is 0 Å². The molecular formula is C14H18N2S. The summed E-state index contributed by atoms with van der Waals surface area (Å²) in [7, 11) is 0. The lowest BCUT2D eigenvalue weighted by Gasteiger charge is -1.94. The third-order valence-electron chi connectivity index (χ3n) is 2.19. The van der Waals surface area contributed by atoms with E-state index in [1.165, 1.54) is 10.5 Å². The molecule has 0 unspecified atom stereocenters. The van der Waals surface area contributed by atoms with Gasteiger partial charge in [0, 0.05) is 16.3 Å². The monoisotopic (exact) mass is 246 g/mol. The molecule has 0 spiro atoms. The normalized spacial score (nSPS) is 9.29. The third-order valence-corrected chi connectivity index (χ3v) is 2.94. The molecule has 0 saturated heterocycles. The Morgan fingerprint density at radius 2 is 1.18 bits per heavy atom. The van der Waals surface area contributed by atoms with Crippen molar-refractivity contribution in [2.24, 2.45) is 0 Å². The number of benzene rings is 2. The van der Waals surface area contributed by atoms with Crippen LogP contribution >= 0.6 is 11.8 Å². The molecule has 0 amide bonds. The first kappa shape index (κ1) is 13.5.